The van der Waals surface area contributed by atoms with Gasteiger partial charge in [-0.25, -0.2) is 0 Å². The number of anilines is 1. The summed E-state index contributed by atoms with van der Waals surface area (Å²) in [6.07, 6.45) is 6.27. The van der Waals surface area contributed by atoms with E-state index in [0.717, 1.165) is 6.54 Å². The van der Waals surface area contributed by atoms with Crippen LogP contribution < -0.4 is 15.8 Å². The summed E-state index contributed by atoms with van der Waals surface area (Å²) in [6.45, 7) is 3.06. The van der Waals surface area contributed by atoms with Gasteiger partial charge in [0.15, 0.2) is 6.61 Å². The van der Waals surface area contributed by atoms with Crippen LogP contribution in [-0.4, -0.2) is 19.1 Å². The zero-order valence-corrected chi connectivity index (χ0v) is 12.2. The topological polar surface area (TPSA) is 64.3 Å². The first-order valence-electron chi connectivity index (χ1n) is 7.32. The number of rotatable bonds is 5. The molecule has 1 aliphatic rings. The predicted molar refractivity (Wildman–Crippen MR) is 80.6 cm³/mol. The summed E-state index contributed by atoms with van der Waals surface area (Å²) < 4.78 is 5.43. The van der Waals surface area contributed by atoms with E-state index >= 15 is 0 Å². The van der Waals surface area contributed by atoms with Gasteiger partial charge < -0.3 is 15.8 Å². The lowest BCUT2D eigenvalue weighted by Gasteiger charge is -2.33. The first-order chi connectivity index (χ1) is 9.57. The molecule has 1 saturated carbocycles. The average Bonchev–Trinajstić information content (AvgIpc) is 2.45. The standard InChI is InChI=1S/C16H24N2O2/c1-16(9-3-2-4-10-16)12-18-15(19)11-20-14-7-5-13(17)6-8-14/h5-8H,2-4,9-12,17H2,1H3,(H,18,19). The lowest BCUT2D eigenvalue weighted by atomic mass is 9.76. The second kappa shape index (κ2) is 6.64. The minimum absolute atomic E-state index is 0.0556. The fourth-order valence-corrected chi connectivity index (χ4v) is 2.66. The minimum Gasteiger partial charge on any atom is -0.484 e. The number of hydrogen-bond donors (Lipinski definition) is 2. The molecule has 0 spiro atoms. The molecule has 0 bridgehead atoms. The first-order valence-corrected chi connectivity index (χ1v) is 7.32. The van der Waals surface area contributed by atoms with Gasteiger partial charge in [0, 0.05) is 12.2 Å². The van der Waals surface area contributed by atoms with Crippen LogP contribution in [0.15, 0.2) is 24.3 Å². The van der Waals surface area contributed by atoms with Crippen molar-refractivity contribution in [2.75, 3.05) is 18.9 Å². The van der Waals surface area contributed by atoms with Gasteiger partial charge in [-0.15, -0.1) is 0 Å². The minimum atomic E-state index is -0.0615. The summed E-state index contributed by atoms with van der Waals surface area (Å²) in [7, 11) is 0. The molecule has 4 heteroatoms. The molecule has 0 heterocycles. The Kier molecular flexibility index (Phi) is 4.88. The van der Waals surface area contributed by atoms with E-state index < -0.39 is 0 Å². The molecule has 1 amide bonds. The Morgan fingerprint density at radius 2 is 1.90 bits per heavy atom. The fourth-order valence-electron chi connectivity index (χ4n) is 2.66. The van der Waals surface area contributed by atoms with Gasteiger partial charge in [0.05, 0.1) is 0 Å². The predicted octanol–water partition coefficient (Wildman–Crippen LogP) is 2.73. The van der Waals surface area contributed by atoms with Gasteiger partial charge in [-0.3, -0.25) is 4.79 Å². The van der Waals surface area contributed by atoms with Crippen molar-refractivity contribution < 1.29 is 9.53 Å². The molecule has 0 aliphatic heterocycles. The number of nitrogens with two attached hydrogens (primary N) is 1. The molecule has 3 N–H and O–H groups in total. The molecule has 0 radical (unpaired) electrons. The van der Waals surface area contributed by atoms with E-state index in [1.165, 1.54) is 32.1 Å². The maximum atomic E-state index is 11.8. The van der Waals surface area contributed by atoms with Gasteiger partial charge in [-0.1, -0.05) is 26.2 Å². The van der Waals surface area contributed by atoms with Crippen molar-refractivity contribution in [1.82, 2.24) is 5.32 Å². The first kappa shape index (κ1) is 14.7. The second-order valence-corrected chi connectivity index (χ2v) is 6.01. The molecular formula is C16H24N2O2. The molecule has 1 aliphatic carbocycles. The SMILES string of the molecule is CC1(CNC(=O)COc2ccc(N)cc2)CCCCC1. The number of amides is 1. The summed E-state index contributed by atoms with van der Waals surface area (Å²) in [6, 6.07) is 7.06. The molecule has 1 fully saturated rings. The molecule has 4 nitrogen and oxygen atoms in total. The highest BCUT2D eigenvalue weighted by Crippen LogP contribution is 2.34. The highest BCUT2D eigenvalue weighted by molar-refractivity contribution is 5.77. The van der Waals surface area contributed by atoms with E-state index in [4.69, 9.17) is 10.5 Å². The third kappa shape index (κ3) is 4.44. The summed E-state index contributed by atoms with van der Waals surface area (Å²) in [5, 5.41) is 2.99. The molecule has 0 atom stereocenters. The summed E-state index contributed by atoms with van der Waals surface area (Å²) in [5.74, 6) is 0.604. The van der Waals surface area contributed by atoms with E-state index in [1.807, 2.05) is 0 Å². The molecule has 1 aromatic rings. The number of ether oxygens (including phenoxy) is 1. The number of hydrogen-bond acceptors (Lipinski definition) is 3. The number of carbonyl (C=O) groups is 1. The molecule has 0 unspecified atom stereocenters. The molecule has 2 rings (SSSR count). The van der Waals surface area contributed by atoms with E-state index in [-0.39, 0.29) is 17.9 Å². The Labute approximate surface area is 120 Å². The largest absolute Gasteiger partial charge is 0.484 e. The quantitative estimate of drug-likeness (QED) is 0.813. The van der Waals surface area contributed by atoms with Gasteiger partial charge in [-0.05, 0) is 42.5 Å². The Hall–Kier alpha value is -1.71. The van der Waals surface area contributed by atoms with Crippen molar-refractivity contribution in [1.29, 1.82) is 0 Å². The number of carbonyl (C=O) groups excluding carboxylic acids is 1. The van der Waals surface area contributed by atoms with Crippen molar-refractivity contribution in [3.63, 3.8) is 0 Å². The van der Waals surface area contributed by atoms with Crippen molar-refractivity contribution >= 4 is 11.6 Å². The van der Waals surface area contributed by atoms with Crippen molar-refractivity contribution in [3.05, 3.63) is 24.3 Å². The average molecular weight is 276 g/mol. The highest BCUT2D eigenvalue weighted by atomic mass is 16.5. The number of benzene rings is 1. The van der Waals surface area contributed by atoms with Crippen LogP contribution in [-0.2, 0) is 4.79 Å². The molecule has 110 valence electrons. The zero-order valence-electron chi connectivity index (χ0n) is 12.2. The zero-order chi connectivity index (χ0) is 14.4. The molecule has 20 heavy (non-hydrogen) atoms. The molecule has 0 saturated heterocycles. The summed E-state index contributed by atoms with van der Waals surface area (Å²) >= 11 is 0. The van der Waals surface area contributed by atoms with E-state index in [1.54, 1.807) is 24.3 Å². The normalized spacial score (nSPS) is 17.4. The Morgan fingerprint density at radius 3 is 2.55 bits per heavy atom. The smallest absolute Gasteiger partial charge is 0.257 e. The van der Waals surface area contributed by atoms with Crippen LogP contribution in [0.2, 0.25) is 0 Å². The van der Waals surface area contributed by atoms with E-state index in [0.29, 0.717) is 11.4 Å². The van der Waals surface area contributed by atoms with Gasteiger partial charge in [0.25, 0.3) is 5.91 Å². The fraction of sp³-hybridized carbons (Fsp3) is 0.562. The third-order valence-corrected chi connectivity index (χ3v) is 4.02. The maximum absolute atomic E-state index is 11.8. The van der Waals surface area contributed by atoms with Crippen LogP contribution in [0.5, 0.6) is 5.75 Å². The molecule has 0 aromatic heterocycles. The Morgan fingerprint density at radius 1 is 1.25 bits per heavy atom. The third-order valence-electron chi connectivity index (χ3n) is 4.02. The number of nitrogen functional groups attached to an aromatic ring is 1. The van der Waals surface area contributed by atoms with Crippen LogP contribution in [0.25, 0.3) is 0 Å². The molecule has 1 aromatic carbocycles. The van der Waals surface area contributed by atoms with Crippen molar-refractivity contribution in [2.45, 2.75) is 39.0 Å². The van der Waals surface area contributed by atoms with Crippen molar-refractivity contribution in [3.8, 4) is 5.75 Å². The Bertz CT molecular complexity index is 436. The highest BCUT2D eigenvalue weighted by Gasteiger charge is 2.26. The van der Waals surface area contributed by atoms with E-state index in [9.17, 15) is 4.79 Å². The monoisotopic (exact) mass is 276 g/mol. The van der Waals surface area contributed by atoms with Gasteiger partial charge in [0.1, 0.15) is 5.75 Å². The van der Waals surface area contributed by atoms with Gasteiger partial charge in [-0.2, -0.15) is 0 Å². The van der Waals surface area contributed by atoms with Gasteiger partial charge in [0.2, 0.25) is 0 Å². The molecular weight excluding hydrogens is 252 g/mol. The van der Waals surface area contributed by atoms with Crippen LogP contribution in [0.4, 0.5) is 5.69 Å². The number of nitrogens with one attached hydrogen (secondary N) is 1. The van der Waals surface area contributed by atoms with Crippen LogP contribution >= 0.6 is 0 Å². The second-order valence-electron chi connectivity index (χ2n) is 6.01. The van der Waals surface area contributed by atoms with Gasteiger partial charge >= 0.3 is 0 Å². The lowest BCUT2D eigenvalue weighted by molar-refractivity contribution is -0.123. The van der Waals surface area contributed by atoms with E-state index in [2.05, 4.69) is 12.2 Å². The van der Waals surface area contributed by atoms with Crippen molar-refractivity contribution in [2.24, 2.45) is 5.41 Å². The summed E-state index contributed by atoms with van der Waals surface area (Å²) in [5.41, 5.74) is 6.54. The Balaban J connectivity index is 1.71. The van der Waals surface area contributed by atoms with Crippen LogP contribution in [0.3, 0.4) is 0 Å². The maximum Gasteiger partial charge on any atom is 0.257 e. The van der Waals surface area contributed by atoms with Crippen LogP contribution in [0, 0.1) is 5.41 Å². The van der Waals surface area contributed by atoms with Crippen LogP contribution in [0.1, 0.15) is 39.0 Å². The lowest BCUT2D eigenvalue weighted by Crippen LogP contribution is -2.39. The summed E-state index contributed by atoms with van der Waals surface area (Å²) in [4.78, 5) is 11.8.